The molecule has 2 aromatic rings. The first-order valence-electron chi connectivity index (χ1n) is 5.25. The molecule has 2 N–H and O–H groups in total. The van der Waals surface area contributed by atoms with E-state index in [1.165, 1.54) is 12.3 Å². The molecule has 18 heavy (non-hydrogen) atoms. The minimum Gasteiger partial charge on any atom is -0.462 e. The molecule has 2 rings (SSSR count). The highest BCUT2D eigenvalue weighted by Gasteiger charge is 2.16. The minimum absolute atomic E-state index is 0.103. The Morgan fingerprint density at radius 1 is 1.56 bits per heavy atom. The van der Waals surface area contributed by atoms with Crippen LogP contribution in [0.5, 0.6) is 0 Å². The van der Waals surface area contributed by atoms with Crippen molar-refractivity contribution in [2.24, 2.45) is 0 Å². The summed E-state index contributed by atoms with van der Waals surface area (Å²) in [7, 11) is 0. The Balaban J connectivity index is 2.67. The Labute approximate surface area is 108 Å². The predicted molar refractivity (Wildman–Crippen MR) is 67.1 cm³/mol. The monoisotopic (exact) mass is 268 g/mol. The van der Waals surface area contributed by atoms with Crippen LogP contribution in [0.1, 0.15) is 17.3 Å². The fourth-order valence-corrected chi connectivity index (χ4v) is 1.87. The van der Waals surface area contributed by atoms with Gasteiger partial charge in [-0.1, -0.05) is 11.6 Å². The summed E-state index contributed by atoms with van der Waals surface area (Å²) < 4.78 is 18.1. The van der Waals surface area contributed by atoms with Crippen molar-refractivity contribution >= 4 is 34.2 Å². The van der Waals surface area contributed by atoms with E-state index in [2.05, 4.69) is 4.98 Å². The van der Waals surface area contributed by atoms with E-state index in [0.717, 1.165) is 6.07 Å². The number of nitrogen functional groups attached to an aromatic ring is 1. The summed E-state index contributed by atoms with van der Waals surface area (Å²) in [6.07, 6.45) is 1.28. The van der Waals surface area contributed by atoms with Gasteiger partial charge in [-0.3, -0.25) is 4.98 Å². The first-order valence-corrected chi connectivity index (χ1v) is 5.62. The average molecular weight is 269 g/mol. The molecule has 0 bridgehead atoms. The molecule has 0 unspecified atom stereocenters. The quantitative estimate of drug-likeness (QED) is 0.851. The van der Waals surface area contributed by atoms with Crippen molar-refractivity contribution in [3.05, 3.63) is 34.7 Å². The van der Waals surface area contributed by atoms with Gasteiger partial charge in [-0.2, -0.15) is 0 Å². The van der Waals surface area contributed by atoms with E-state index in [1.54, 1.807) is 6.92 Å². The molecule has 0 saturated carbocycles. The Hall–Kier alpha value is -1.88. The molecule has 0 atom stereocenters. The van der Waals surface area contributed by atoms with Gasteiger partial charge in [0, 0.05) is 11.6 Å². The van der Waals surface area contributed by atoms with E-state index < -0.39 is 11.8 Å². The summed E-state index contributed by atoms with van der Waals surface area (Å²) in [5.74, 6) is -1.13. The second kappa shape index (κ2) is 4.78. The van der Waals surface area contributed by atoms with Gasteiger partial charge in [-0.05, 0) is 19.1 Å². The van der Waals surface area contributed by atoms with E-state index in [9.17, 15) is 9.18 Å². The largest absolute Gasteiger partial charge is 0.462 e. The number of nitrogens with zero attached hydrogens (tertiary/aromatic N) is 1. The van der Waals surface area contributed by atoms with Crippen molar-refractivity contribution in [2.75, 3.05) is 12.3 Å². The van der Waals surface area contributed by atoms with Crippen LogP contribution < -0.4 is 5.73 Å². The van der Waals surface area contributed by atoms with Crippen molar-refractivity contribution in [3.8, 4) is 0 Å². The molecule has 0 radical (unpaired) electrons. The van der Waals surface area contributed by atoms with Gasteiger partial charge < -0.3 is 10.5 Å². The van der Waals surface area contributed by atoms with E-state index in [-0.39, 0.29) is 22.9 Å². The van der Waals surface area contributed by atoms with Crippen molar-refractivity contribution < 1.29 is 13.9 Å². The van der Waals surface area contributed by atoms with Crippen LogP contribution in [0.25, 0.3) is 10.9 Å². The smallest absolute Gasteiger partial charge is 0.341 e. The third-order valence-corrected chi connectivity index (χ3v) is 2.71. The van der Waals surface area contributed by atoms with Crippen LogP contribution >= 0.6 is 11.6 Å². The van der Waals surface area contributed by atoms with Crippen molar-refractivity contribution in [3.63, 3.8) is 0 Å². The van der Waals surface area contributed by atoms with Gasteiger partial charge in [-0.15, -0.1) is 0 Å². The summed E-state index contributed by atoms with van der Waals surface area (Å²) in [6, 6.07) is 2.33. The Morgan fingerprint density at radius 2 is 2.28 bits per heavy atom. The van der Waals surface area contributed by atoms with Gasteiger partial charge in [-0.25, -0.2) is 9.18 Å². The lowest BCUT2D eigenvalue weighted by Gasteiger charge is -2.08. The predicted octanol–water partition coefficient (Wildman–Crippen LogP) is 2.79. The molecular formula is C12H10ClFN2O2. The van der Waals surface area contributed by atoms with Crippen LogP contribution in [0, 0.1) is 5.82 Å². The summed E-state index contributed by atoms with van der Waals surface area (Å²) in [6.45, 7) is 1.90. The molecule has 0 aliphatic carbocycles. The standard InChI is InChI=1S/C12H10ClFN2O2/c1-2-18-12(17)8-5-16-11-7(10(8)15)3-6(14)4-9(11)13/h3-5H,2H2,1H3,(H2,15,16). The lowest BCUT2D eigenvalue weighted by molar-refractivity contribution is 0.0527. The second-order valence-corrected chi connectivity index (χ2v) is 4.00. The molecule has 0 spiro atoms. The number of carbonyl (C=O) groups excluding carboxylic acids is 1. The van der Waals surface area contributed by atoms with Crippen LogP contribution in [0.2, 0.25) is 5.02 Å². The van der Waals surface area contributed by atoms with Crippen LogP contribution in [-0.2, 0) is 4.74 Å². The maximum atomic E-state index is 13.3. The Bertz CT molecular complexity index is 631. The number of hydrogen-bond acceptors (Lipinski definition) is 4. The van der Waals surface area contributed by atoms with Crippen LogP contribution in [0.15, 0.2) is 18.3 Å². The highest BCUT2D eigenvalue weighted by atomic mass is 35.5. The number of anilines is 1. The van der Waals surface area contributed by atoms with Gasteiger partial charge in [0.15, 0.2) is 0 Å². The molecule has 0 aliphatic heterocycles. The summed E-state index contributed by atoms with van der Waals surface area (Å²) >= 11 is 5.85. The van der Waals surface area contributed by atoms with Crippen LogP contribution in [0.3, 0.4) is 0 Å². The zero-order chi connectivity index (χ0) is 13.3. The van der Waals surface area contributed by atoms with Gasteiger partial charge in [0.05, 0.1) is 22.8 Å². The number of ether oxygens (including phenoxy) is 1. The average Bonchev–Trinajstić information content (AvgIpc) is 2.30. The van der Waals surface area contributed by atoms with Gasteiger partial charge >= 0.3 is 5.97 Å². The van der Waals surface area contributed by atoms with E-state index in [1.807, 2.05) is 0 Å². The fourth-order valence-electron chi connectivity index (χ4n) is 1.62. The highest BCUT2D eigenvalue weighted by molar-refractivity contribution is 6.35. The molecule has 1 aromatic carbocycles. The third-order valence-electron chi connectivity index (χ3n) is 2.43. The molecular weight excluding hydrogens is 259 g/mol. The summed E-state index contributed by atoms with van der Waals surface area (Å²) in [5.41, 5.74) is 6.39. The molecule has 0 fully saturated rings. The molecule has 4 nitrogen and oxygen atoms in total. The number of halogens is 2. The number of hydrogen-bond donors (Lipinski definition) is 1. The van der Waals surface area contributed by atoms with Crippen molar-refractivity contribution in [2.45, 2.75) is 6.92 Å². The number of esters is 1. The molecule has 94 valence electrons. The SMILES string of the molecule is CCOC(=O)c1cnc2c(Cl)cc(F)cc2c1N. The van der Waals surface area contributed by atoms with Crippen molar-refractivity contribution in [1.29, 1.82) is 0 Å². The number of benzene rings is 1. The lowest BCUT2D eigenvalue weighted by atomic mass is 10.1. The summed E-state index contributed by atoms with van der Waals surface area (Å²) in [4.78, 5) is 15.6. The zero-order valence-corrected chi connectivity index (χ0v) is 10.3. The van der Waals surface area contributed by atoms with Gasteiger partial charge in [0.2, 0.25) is 0 Å². The number of pyridine rings is 1. The van der Waals surface area contributed by atoms with E-state index in [4.69, 9.17) is 22.1 Å². The van der Waals surface area contributed by atoms with Crippen molar-refractivity contribution in [1.82, 2.24) is 4.98 Å². The topological polar surface area (TPSA) is 65.2 Å². The third kappa shape index (κ3) is 2.09. The number of rotatable bonds is 2. The van der Waals surface area contributed by atoms with E-state index >= 15 is 0 Å². The minimum atomic E-state index is -0.593. The first kappa shape index (κ1) is 12.6. The fraction of sp³-hybridized carbons (Fsp3) is 0.167. The Kier molecular flexibility index (Phi) is 3.34. The van der Waals surface area contributed by atoms with Crippen LogP contribution in [-0.4, -0.2) is 17.6 Å². The van der Waals surface area contributed by atoms with Gasteiger partial charge in [0.25, 0.3) is 0 Å². The number of fused-ring (bicyclic) bond motifs is 1. The number of carbonyl (C=O) groups is 1. The summed E-state index contributed by atoms with van der Waals surface area (Å²) in [5, 5.41) is 0.442. The lowest BCUT2D eigenvalue weighted by Crippen LogP contribution is -2.09. The zero-order valence-electron chi connectivity index (χ0n) is 9.54. The maximum absolute atomic E-state index is 13.3. The number of aromatic nitrogens is 1. The second-order valence-electron chi connectivity index (χ2n) is 3.59. The first-order chi connectivity index (χ1) is 8.54. The molecule has 1 aromatic heterocycles. The molecule has 6 heteroatoms. The van der Waals surface area contributed by atoms with E-state index in [0.29, 0.717) is 10.9 Å². The Morgan fingerprint density at radius 3 is 2.94 bits per heavy atom. The normalized spacial score (nSPS) is 10.6. The number of nitrogens with two attached hydrogens (primary N) is 1. The van der Waals surface area contributed by atoms with Gasteiger partial charge in [0.1, 0.15) is 11.4 Å². The molecule has 0 aliphatic rings. The molecule has 1 heterocycles. The highest BCUT2D eigenvalue weighted by Crippen LogP contribution is 2.29. The molecule has 0 amide bonds. The van der Waals surface area contributed by atoms with Crippen LogP contribution in [0.4, 0.5) is 10.1 Å². The maximum Gasteiger partial charge on any atom is 0.341 e. The molecule has 0 saturated heterocycles.